The number of carbonyl (C=O) groups is 1. The van der Waals surface area contributed by atoms with Crippen molar-refractivity contribution in [3.8, 4) is 0 Å². The summed E-state index contributed by atoms with van der Waals surface area (Å²) in [4.78, 5) is 10.5. The van der Waals surface area contributed by atoms with Crippen LogP contribution in [-0.4, -0.2) is 5.91 Å². The van der Waals surface area contributed by atoms with E-state index in [4.69, 9.17) is 5.73 Å². The van der Waals surface area contributed by atoms with E-state index in [1.54, 1.807) is 0 Å². The second-order valence-electron chi connectivity index (χ2n) is 5.80. The Bertz CT molecular complexity index is 239. The van der Waals surface area contributed by atoms with Gasteiger partial charge in [-0.3, -0.25) is 4.79 Å². The zero-order chi connectivity index (χ0) is 14.9. The molecule has 0 fully saturated rings. The molecule has 0 radical (unpaired) electrons. The van der Waals surface area contributed by atoms with E-state index in [9.17, 15) is 4.79 Å². The van der Waals surface area contributed by atoms with Gasteiger partial charge in [-0.05, 0) is 32.1 Å². The van der Waals surface area contributed by atoms with Crippen molar-refractivity contribution < 1.29 is 4.79 Å². The number of hydrogen-bond donors (Lipinski definition) is 2. The summed E-state index contributed by atoms with van der Waals surface area (Å²) < 4.78 is 0. The second kappa shape index (κ2) is 19.2. The van der Waals surface area contributed by atoms with Gasteiger partial charge >= 0.3 is 0 Å². The maximum atomic E-state index is 10.5. The van der Waals surface area contributed by atoms with Gasteiger partial charge in [0, 0.05) is 6.42 Å². The fourth-order valence-electron chi connectivity index (χ4n) is 2.37. The molecule has 0 aromatic heterocycles. The van der Waals surface area contributed by atoms with Gasteiger partial charge in [0.2, 0.25) is 5.91 Å². The summed E-state index contributed by atoms with van der Waals surface area (Å²) in [6, 6.07) is 0. The highest BCUT2D eigenvalue weighted by atomic mass is 16.1. The molecule has 5 N–H and O–H groups in total. The smallest absolute Gasteiger partial charge is 0.217 e. The van der Waals surface area contributed by atoms with E-state index in [0.29, 0.717) is 6.42 Å². The molecular formula is C18H38N2O. The van der Waals surface area contributed by atoms with Crippen LogP contribution in [0.4, 0.5) is 0 Å². The molecule has 0 rings (SSSR count). The van der Waals surface area contributed by atoms with Crippen molar-refractivity contribution in [2.24, 2.45) is 5.73 Å². The number of nitrogens with two attached hydrogens (primary N) is 1. The molecule has 0 aliphatic carbocycles. The average molecular weight is 299 g/mol. The quantitative estimate of drug-likeness (QED) is 0.302. The van der Waals surface area contributed by atoms with Crippen LogP contribution < -0.4 is 11.9 Å². The van der Waals surface area contributed by atoms with E-state index in [1.807, 2.05) is 0 Å². The molecular weight excluding hydrogens is 260 g/mol. The third-order valence-corrected chi connectivity index (χ3v) is 3.68. The molecule has 3 nitrogen and oxygen atoms in total. The van der Waals surface area contributed by atoms with Crippen LogP contribution in [0, 0.1) is 0 Å². The Labute approximate surface area is 132 Å². The Morgan fingerprint density at radius 2 is 1.19 bits per heavy atom. The van der Waals surface area contributed by atoms with Crippen molar-refractivity contribution in [1.82, 2.24) is 6.15 Å². The molecule has 0 saturated heterocycles. The van der Waals surface area contributed by atoms with Gasteiger partial charge < -0.3 is 11.9 Å². The Hall–Kier alpha value is -0.830. The van der Waals surface area contributed by atoms with Gasteiger partial charge in [-0.15, -0.1) is 0 Å². The van der Waals surface area contributed by atoms with Crippen molar-refractivity contribution in [2.45, 2.75) is 96.8 Å². The van der Waals surface area contributed by atoms with Crippen LogP contribution in [0.15, 0.2) is 12.2 Å². The lowest BCUT2D eigenvalue weighted by Crippen LogP contribution is -2.09. The van der Waals surface area contributed by atoms with E-state index in [2.05, 4.69) is 19.1 Å². The summed E-state index contributed by atoms with van der Waals surface area (Å²) in [6.45, 7) is 2.26. The first-order chi connectivity index (χ1) is 9.77. The SMILES string of the molecule is CCCCCCCCC=CCCCCCCCC(N)=O.N. The largest absolute Gasteiger partial charge is 0.370 e. The zero-order valence-corrected chi connectivity index (χ0v) is 14.2. The van der Waals surface area contributed by atoms with Crippen LogP contribution in [0.2, 0.25) is 0 Å². The maximum Gasteiger partial charge on any atom is 0.217 e. The Morgan fingerprint density at radius 1 is 0.762 bits per heavy atom. The van der Waals surface area contributed by atoms with Gasteiger partial charge in [0.25, 0.3) is 0 Å². The first-order valence-corrected chi connectivity index (χ1v) is 8.70. The van der Waals surface area contributed by atoms with Crippen LogP contribution in [0.1, 0.15) is 96.8 Å². The normalized spacial score (nSPS) is 10.7. The van der Waals surface area contributed by atoms with Gasteiger partial charge in [0.15, 0.2) is 0 Å². The summed E-state index contributed by atoms with van der Waals surface area (Å²) >= 11 is 0. The highest BCUT2D eigenvalue weighted by Crippen LogP contribution is 2.09. The molecule has 0 spiro atoms. The number of unbranched alkanes of at least 4 members (excludes halogenated alkanes) is 11. The predicted molar refractivity (Wildman–Crippen MR) is 93.7 cm³/mol. The maximum absolute atomic E-state index is 10.5. The minimum Gasteiger partial charge on any atom is -0.370 e. The van der Waals surface area contributed by atoms with Gasteiger partial charge in [-0.2, -0.15) is 0 Å². The van der Waals surface area contributed by atoms with Crippen LogP contribution in [0.25, 0.3) is 0 Å². The van der Waals surface area contributed by atoms with Crippen LogP contribution >= 0.6 is 0 Å². The van der Waals surface area contributed by atoms with Crippen LogP contribution in [0.3, 0.4) is 0 Å². The molecule has 0 bridgehead atoms. The highest BCUT2D eigenvalue weighted by Gasteiger charge is 1.94. The zero-order valence-electron chi connectivity index (χ0n) is 14.2. The molecule has 0 saturated carbocycles. The topological polar surface area (TPSA) is 78.1 Å². The van der Waals surface area contributed by atoms with Gasteiger partial charge in [-0.1, -0.05) is 70.4 Å². The number of rotatable bonds is 15. The Morgan fingerprint density at radius 3 is 1.67 bits per heavy atom. The number of allylic oxidation sites excluding steroid dienone is 2. The summed E-state index contributed by atoms with van der Waals surface area (Å²) in [6.07, 6.45) is 21.9. The predicted octanol–water partition coefficient (Wildman–Crippen LogP) is 5.67. The second-order valence-corrected chi connectivity index (χ2v) is 5.80. The average Bonchev–Trinajstić information content (AvgIpc) is 2.43. The van der Waals surface area contributed by atoms with Gasteiger partial charge in [-0.25, -0.2) is 0 Å². The fraction of sp³-hybridized carbons (Fsp3) is 0.833. The lowest BCUT2D eigenvalue weighted by atomic mass is 10.1. The van der Waals surface area contributed by atoms with E-state index in [0.717, 1.165) is 12.8 Å². The lowest BCUT2D eigenvalue weighted by Gasteiger charge is -1.99. The fourth-order valence-corrected chi connectivity index (χ4v) is 2.37. The van der Waals surface area contributed by atoms with Crippen LogP contribution in [-0.2, 0) is 4.79 Å². The third kappa shape index (κ3) is 21.6. The molecule has 3 heteroatoms. The minimum atomic E-state index is -0.164. The Kier molecular flexibility index (Phi) is 20.5. The number of primary amides is 1. The van der Waals surface area contributed by atoms with E-state index < -0.39 is 0 Å². The minimum absolute atomic E-state index is 0. The van der Waals surface area contributed by atoms with E-state index in [1.165, 1.54) is 70.6 Å². The molecule has 21 heavy (non-hydrogen) atoms. The van der Waals surface area contributed by atoms with Crippen molar-refractivity contribution in [3.05, 3.63) is 12.2 Å². The first-order valence-electron chi connectivity index (χ1n) is 8.70. The van der Waals surface area contributed by atoms with Gasteiger partial charge in [0.05, 0.1) is 0 Å². The standard InChI is InChI=1S/C18H35NO.H3N/c1-2-3-4-5-6-7-8-9-10-11-12-13-14-15-16-17-18(19)20;/h9-10H,2-8,11-17H2,1H3,(H2,19,20);1H3. The van der Waals surface area contributed by atoms with Crippen molar-refractivity contribution in [2.75, 3.05) is 0 Å². The van der Waals surface area contributed by atoms with E-state index >= 15 is 0 Å². The first kappa shape index (κ1) is 22.5. The molecule has 126 valence electrons. The lowest BCUT2D eigenvalue weighted by molar-refractivity contribution is -0.118. The highest BCUT2D eigenvalue weighted by molar-refractivity contribution is 5.73. The molecule has 0 aromatic carbocycles. The van der Waals surface area contributed by atoms with Crippen LogP contribution in [0.5, 0.6) is 0 Å². The molecule has 0 unspecified atom stereocenters. The summed E-state index contributed by atoms with van der Waals surface area (Å²) in [5, 5.41) is 0. The number of amides is 1. The molecule has 0 aliphatic rings. The number of carbonyl (C=O) groups excluding carboxylic acids is 1. The van der Waals surface area contributed by atoms with Crippen molar-refractivity contribution in [1.29, 1.82) is 0 Å². The van der Waals surface area contributed by atoms with Crippen molar-refractivity contribution in [3.63, 3.8) is 0 Å². The number of hydrogen-bond acceptors (Lipinski definition) is 2. The summed E-state index contributed by atoms with van der Waals surface area (Å²) in [5.74, 6) is -0.164. The van der Waals surface area contributed by atoms with Gasteiger partial charge in [0.1, 0.15) is 0 Å². The summed E-state index contributed by atoms with van der Waals surface area (Å²) in [5.41, 5.74) is 5.10. The summed E-state index contributed by atoms with van der Waals surface area (Å²) in [7, 11) is 0. The van der Waals surface area contributed by atoms with Crippen molar-refractivity contribution >= 4 is 5.91 Å². The van der Waals surface area contributed by atoms with E-state index in [-0.39, 0.29) is 12.1 Å². The third-order valence-electron chi connectivity index (χ3n) is 3.68. The molecule has 0 atom stereocenters. The molecule has 0 aromatic rings. The molecule has 1 amide bonds. The molecule has 0 aliphatic heterocycles. The molecule has 0 heterocycles. The monoisotopic (exact) mass is 298 g/mol. The Balaban J connectivity index is 0.